The van der Waals surface area contributed by atoms with Crippen LogP contribution in [0.1, 0.15) is 11.1 Å². The van der Waals surface area contributed by atoms with Gasteiger partial charge < -0.3 is 15.8 Å². The number of nitrogen functional groups attached to an aromatic ring is 1. The monoisotopic (exact) mass is 244 g/mol. The number of hydrogen-bond acceptors (Lipinski definition) is 5. The molecule has 94 valence electrons. The van der Waals surface area contributed by atoms with E-state index in [0.717, 1.165) is 16.9 Å². The van der Waals surface area contributed by atoms with E-state index in [2.05, 4.69) is 21.4 Å². The molecule has 0 aliphatic rings. The molecule has 0 aliphatic heterocycles. The van der Waals surface area contributed by atoms with Crippen LogP contribution in [-0.4, -0.2) is 17.0 Å². The number of rotatable bonds is 3. The largest absolute Gasteiger partial charge is 0.439 e. The van der Waals surface area contributed by atoms with E-state index >= 15 is 0 Å². The fourth-order valence-electron chi connectivity index (χ4n) is 1.74. The highest BCUT2D eigenvalue weighted by molar-refractivity contribution is 5.44. The van der Waals surface area contributed by atoms with E-state index in [-0.39, 0.29) is 5.95 Å². The van der Waals surface area contributed by atoms with Gasteiger partial charge in [-0.3, -0.25) is 0 Å². The van der Waals surface area contributed by atoms with Crippen LogP contribution in [0.25, 0.3) is 0 Å². The Morgan fingerprint density at radius 2 is 1.72 bits per heavy atom. The second kappa shape index (κ2) is 4.91. The molecule has 2 aromatic rings. The van der Waals surface area contributed by atoms with E-state index in [1.165, 1.54) is 0 Å². The molecule has 0 aliphatic carbocycles. The lowest BCUT2D eigenvalue weighted by molar-refractivity contribution is 0.462. The number of benzene rings is 1. The van der Waals surface area contributed by atoms with Crippen molar-refractivity contribution in [2.75, 3.05) is 18.1 Å². The van der Waals surface area contributed by atoms with Gasteiger partial charge in [-0.1, -0.05) is 6.07 Å². The number of hydrogen-bond donors (Lipinski definition) is 2. The van der Waals surface area contributed by atoms with Crippen molar-refractivity contribution < 1.29 is 4.74 Å². The topological polar surface area (TPSA) is 73.1 Å². The summed E-state index contributed by atoms with van der Waals surface area (Å²) >= 11 is 0. The zero-order valence-corrected chi connectivity index (χ0v) is 10.7. The minimum absolute atomic E-state index is 0.182. The molecule has 0 saturated heterocycles. The summed E-state index contributed by atoms with van der Waals surface area (Å²) in [6.07, 6.45) is 0. The molecule has 5 nitrogen and oxygen atoms in total. The molecule has 1 heterocycles. The Balaban J connectivity index is 2.30. The van der Waals surface area contributed by atoms with Crippen LogP contribution in [0.15, 0.2) is 24.3 Å². The minimum atomic E-state index is 0.182. The molecule has 3 N–H and O–H groups in total. The van der Waals surface area contributed by atoms with Gasteiger partial charge in [-0.25, -0.2) is 0 Å². The predicted molar refractivity (Wildman–Crippen MR) is 72.0 cm³/mol. The van der Waals surface area contributed by atoms with Gasteiger partial charge in [0, 0.05) is 13.1 Å². The van der Waals surface area contributed by atoms with E-state index in [4.69, 9.17) is 10.5 Å². The fraction of sp³-hybridized carbons (Fsp3) is 0.231. The van der Waals surface area contributed by atoms with Crippen molar-refractivity contribution in [3.63, 3.8) is 0 Å². The number of nitrogens with one attached hydrogen (secondary N) is 1. The number of nitrogens with zero attached hydrogens (tertiary/aromatic N) is 2. The van der Waals surface area contributed by atoms with Crippen LogP contribution in [0.4, 0.5) is 11.8 Å². The molecule has 2 rings (SSSR count). The number of ether oxygens (including phenoxy) is 1. The highest BCUT2D eigenvalue weighted by atomic mass is 16.5. The van der Waals surface area contributed by atoms with Crippen LogP contribution < -0.4 is 15.8 Å². The van der Waals surface area contributed by atoms with Crippen LogP contribution in [0.3, 0.4) is 0 Å². The van der Waals surface area contributed by atoms with Gasteiger partial charge in [0.15, 0.2) is 0 Å². The first-order chi connectivity index (χ1) is 8.56. The standard InChI is InChI=1S/C13H16N4O/c1-8-4-9(2)6-10(5-8)18-12-7-11(15-3)16-13(14)17-12/h4-7H,1-3H3,(H3,14,15,16,17). The van der Waals surface area contributed by atoms with Crippen molar-refractivity contribution in [1.82, 2.24) is 9.97 Å². The van der Waals surface area contributed by atoms with Crippen LogP contribution >= 0.6 is 0 Å². The van der Waals surface area contributed by atoms with Crippen LogP contribution in [0.5, 0.6) is 11.6 Å². The Labute approximate surface area is 106 Å². The molecular weight excluding hydrogens is 228 g/mol. The first-order valence-corrected chi connectivity index (χ1v) is 5.65. The van der Waals surface area contributed by atoms with Crippen molar-refractivity contribution in [3.05, 3.63) is 35.4 Å². The summed E-state index contributed by atoms with van der Waals surface area (Å²) in [7, 11) is 1.77. The summed E-state index contributed by atoms with van der Waals surface area (Å²) in [4.78, 5) is 8.05. The second-order valence-corrected chi connectivity index (χ2v) is 4.13. The summed E-state index contributed by atoms with van der Waals surface area (Å²) in [6, 6.07) is 7.68. The summed E-state index contributed by atoms with van der Waals surface area (Å²) < 4.78 is 5.69. The Morgan fingerprint density at radius 1 is 1.06 bits per heavy atom. The minimum Gasteiger partial charge on any atom is -0.439 e. The molecular formula is C13H16N4O. The van der Waals surface area contributed by atoms with E-state index in [1.807, 2.05) is 26.0 Å². The zero-order valence-electron chi connectivity index (χ0n) is 10.7. The van der Waals surface area contributed by atoms with Gasteiger partial charge >= 0.3 is 0 Å². The predicted octanol–water partition coefficient (Wildman–Crippen LogP) is 2.51. The lowest BCUT2D eigenvalue weighted by Gasteiger charge is -2.08. The first kappa shape index (κ1) is 12.2. The summed E-state index contributed by atoms with van der Waals surface area (Å²) in [5.74, 6) is 1.98. The highest BCUT2D eigenvalue weighted by Gasteiger charge is 2.04. The van der Waals surface area contributed by atoms with Crippen molar-refractivity contribution in [2.24, 2.45) is 0 Å². The molecule has 0 amide bonds. The molecule has 1 aromatic heterocycles. The van der Waals surface area contributed by atoms with Crippen molar-refractivity contribution in [1.29, 1.82) is 0 Å². The zero-order chi connectivity index (χ0) is 13.1. The van der Waals surface area contributed by atoms with Crippen molar-refractivity contribution in [2.45, 2.75) is 13.8 Å². The number of anilines is 2. The highest BCUT2D eigenvalue weighted by Crippen LogP contribution is 2.24. The van der Waals surface area contributed by atoms with Crippen molar-refractivity contribution in [3.8, 4) is 11.6 Å². The maximum atomic E-state index is 5.69. The van der Waals surface area contributed by atoms with E-state index in [0.29, 0.717) is 11.7 Å². The van der Waals surface area contributed by atoms with E-state index < -0.39 is 0 Å². The third kappa shape index (κ3) is 2.88. The van der Waals surface area contributed by atoms with Crippen LogP contribution in [0.2, 0.25) is 0 Å². The van der Waals surface area contributed by atoms with Gasteiger partial charge in [-0.15, -0.1) is 0 Å². The van der Waals surface area contributed by atoms with Gasteiger partial charge in [-0.05, 0) is 37.1 Å². The maximum absolute atomic E-state index is 5.69. The van der Waals surface area contributed by atoms with Gasteiger partial charge in [0.2, 0.25) is 11.8 Å². The second-order valence-electron chi connectivity index (χ2n) is 4.13. The lowest BCUT2D eigenvalue weighted by atomic mass is 10.1. The third-order valence-electron chi connectivity index (χ3n) is 2.39. The molecule has 0 fully saturated rings. The van der Waals surface area contributed by atoms with E-state index in [1.54, 1.807) is 13.1 Å². The SMILES string of the molecule is CNc1cc(Oc2cc(C)cc(C)c2)nc(N)n1. The first-order valence-electron chi connectivity index (χ1n) is 5.65. The van der Waals surface area contributed by atoms with Gasteiger partial charge in [0.05, 0.1) is 0 Å². The Kier molecular flexibility index (Phi) is 3.32. The summed E-state index contributed by atoms with van der Waals surface area (Å²) in [5.41, 5.74) is 7.89. The number of nitrogens with two attached hydrogens (primary N) is 1. The van der Waals surface area contributed by atoms with Crippen LogP contribution in [-0.2, 0) is 0 Å². The van der Waals surface area contributed by atoms with Crippen molar-refractivity contribution >= 4 is 11.8 Å². The Morgan fingerprint density at radius 3 is 2.33 bits per heavy atom. The average molecular weight is 244 g/mol. The molecule has 0 atom stereocenters. The molecule has 0 radical (unpaired) electrons. The molecule has 0 unspecified atom stereocenters. The van der Waals surface area contributed by atoms with E-state index in [9.17, 15) is 0 Å². The average Bonchev–Trinajstić information content (AvgIpc) is 2.26. The number of aromatic nitrogens is 2. The molecule has 5 heteroatoms. The van der Waals surface area contributed by atoms with Gasteiger partial charge in [0.1, 0.15) is 11.6 Å². The quantitative estimate of drug-likeness (QED) is 0.867. The molecule has 0 spiro atoms. The summed E-state index contributed by atoms with van der Waals surface area (Å²) in [6.45, 7) is 4.04. The number of aryl methyl sites for hydroxylation is 2. The van der Waals surface area contributed by atoms with Gasteiger partial charge in [-0.2, -0.15) is 9.97 Å². The molecule has 1 aromatic carbocycles. The molecule has 0 saturated carbocycles. The summed E-state index contributed by atoms with van der Waals surface area (Å²) in [5, 5.41) is 2.91. The molecule has 18 heavy (non-hydrogen) atoms. The molecule has 0 bridgehead atoms. The maximum Gasteiger partial charge on any atom is 0.226 e. The smallest absolute Gasteiger partial charge is 0.226 e. The lowest BCUT2D eigenvalue weighted by Crippen LogP contribution is -2.01. The Bertz CT molecular complexity index is 549. The normalized spacial score (nSPS) is 10.2. The van der Waals surface area contributed by atoms with Gasteiger partial charge in [0.25, 0.3) is 0 Å². The fourth-order valence-corrected chi connectivity index (χ4v) is 1.74. The Hall–Kier alpha value is -2.30. The third-order valence-corrected chi connectivity index (χ3v) is 2.39. The van der Waals surface area contributed by atoms with Crippen LogP contribution in [0, 0.1) is 13.8 Å².